The third kappa shape index (κ3) is 2.81. The summed E-state index contributed by atoms with van der Waals surface area (Å²) in [6.45, 7) is 0. The maximum atomic E-state index is 12.8. The van der Waals surface area contributed by atoms with Crippen molar-refractivity contribution in [2.75, 3.05) is 12.0 Å². The van der Waals surface area contributed by atoms with Crippen molar-refractivity contribution in [2.24, 2.45) is 0 Å². The predicted molar refractivity (Wildman–Crippen MR) is 94.7 cm³/mol. The van der Waals surface area contributed by atoms with Crippen LogP contribution in [0.4, 0.5) is 5.69 Å². The predicted octanol–water partition coefficient (Wildman–Crippen LogP) is 2.08. The summed E-state index contributed by atoms with van der Waals surface area (Å²) >= 11 is 0. The molecule has 1 N–H and O–H groups in total. The van der Waals surface area contributed by atoms with E-state index in [1.54, 1.807) is 18.2 Å². The maximum Gasteiger partial charge on any atom is 0.251 e. The highest BCUT2D eigenvalue weighted by Gasteiger charge is 2.41. The average Bonchev–Trinajstić information content (AvgIpc) is 3.15. The van der Waals surface area contributed by atoms with Gasteiger partial charge in [0.05, 0.1) is 25.3 Å². The van der Waals surface area contributed by atoms with E-state index in [-0.39, 0.29) is 24.3 Å². The molecule has 4 rings (SSSR count). The van der Waals surface area contributed by atoms with Crippen molar-refractivity contribution in [1.82, 2.24) is 5.32 Å². The van der Waals surface area contributed by atoms with Crippen molar-refractivity contribution in [3.8, 4) is 5.75 Å². The first-order valence-electron chi connectivity index (χ1n) is 8.50. The first kappa shape index (κ1) is 15.8. The van der Waals surface area contributed by atoms with Gasteiger partial charge in [-0.15, -0.1) is 0 Å². The maximum absolute atomic E-state index is 12.8. The number of benzene rings is 2. The van der Waals surface area contributed by atoms with Crippen LogP contribution in [0.25, 0.3) is 0 Å². The van der Waals surface area contributed by atoms with Crippen LogP contribution in [0.3, 0.4) is 0 Å². The van der Waals surface area contributed by atoms with Gasteiger partial charge in [0.15, 0.2) is 0 Å². The summed E-state index contributed by atoms with van der Waals surface area (Å²) in [6.07, 6.45) is 1.97. The van der Waals surface area contributed by atoms with Crippen molar-refractivity contribution in [3.05, 3.63) is 59.7 Å². The van der Waals surface area contributed by atoms with Gasteiger partial charge in [-0.25, -0.2) is 4.90 Å². The van der Waals surface area contributed by atoms with E-state index in [0.29, 0.717) is 11.4 Å². The molecular formula is C20H20N2O3. The van der Waals surface area contributed by atoms with E-state index < -0.39 is 6.04 Å². The topological polar surface area (TPSA) is 58.6 Å². The molecule has 2 amide bonds. The zero-order valence-electron chi connectivity index (χ0n) is 14.1. The molecule has 0 aromatic heterocycles. The van der Waals surface area contributed by atoms with Gasteiger partial charge in [0.1, 0.15) is 5.75 Å². The molecule has 2 aromatic carbocycles. The van der Waals surface area contributed by atoms with Crippen LogP contribution in [0.5, 0.6) is 5.75 Å². The third-order valence-corrected chi connectivity index (χ3v) is 4.96. The Labute approximate surface area is 146 Å². The summed E-state index contributed by atoms with van der Waals surface area (Å²) in [5.41, 5.74) is 3.15. The lowest BCUT2D eigenvalue weighted by molar-refractivity contribution is -0.121. The van der Waals surface area contributed by atoms with Crippen molar-refractivity contribution < 1.29 is 14.3 Å². The number of para-hydroxylation sites is 2. The molecular weight excluding hydrogens is 316 g/mol. The second-order valence-corrected chi connectivity index (χ2v) is 6.54. The second kappa shape index (κ2) is 6.33. The third-order valence-electron chi connectivity index (χ3n) is 4.96. The van der Waals surface area contributed by atoms with Gasteiger partial charge < -0.3 is 10.1 Å². The van der Waals surface area contributed by atoms with Crippen LogP contribution in [0.15, 0.2) is 48.5 Å². The van der Waals surface area contributed by atoms with Gasteiger partial charge in [-0.3, -0.25) is 9.59 Å². The van der Waals surface area contributed by atoms with Gasteiger partial charge >= 0.3 is 0 Å². The summed E-state index contributed by atoms with van der Waals surface area (Å²) in [5.74, 6) is 0.131. The lowest BCUT2D eigenvalue weighted by Crippen LogP contribution is -2.44. The summed E-state index contributed by atoms with van der Waals surface area (Å²) < 4.78 is 5.30. The van der Waals surface area contributed by atoms with Crippen LogP contribution in [-0.4, -0.2) is 31.0 Å². The van der Waals surface area contributed by atoms with Gasteiger partial charge in [-0.05, 0) is 36.1 Å². The Morgan fingerprint density at radius 3 is 2.28 bits per heavy atom. The minimum atomic E-state index is -0.475. The Bertz CT molecular complexity index is 808. The number of hydrogen-bond donors (Lipinski definition) is 1. The fourth-order valence-electron chi connectivity index (χ4n) is 3.79. The normalized spacial score (nSPS) is 20.2. The van der Waals surface area contributed by atoms with Crippen LogP contribution in [0.1, 0.15) is 17.5 Å². The number of rotatable bonds is 4. The van der Waals surface area contributed by atoms with E-state index in [4.69, 9.17) is 4.74 Å². The van der Waals surface area contributed by atoms with Crippen LogP contribution >= 0.6 is 0 Å². The van der Waals surface area contributed by atoms with Gasteiger partial charge in [0.2, 0.25) is 5.91 Å². The molecule has 2 aromatic rings. The summed E-state index contributed by atoms with van der Waals surface area (Å²) in [5, 5.41) is 3.39. The standard InChI is InChI=1S/C20H20N2O3/c1-25-18-9-5-4-8-17(18)22-19(23)12-16(20(22)24)21-15-10-13-6-2-3-7-14(13)11-15/h2-9,15-16,21H,10-12H2,1H3. The molecule has 1 heterocycles. The highest BCUT2D eigenvalue weighted by atomic mass is 16.5. The van der Waals surface area contributed by atoms with Crippen LogP contribution < -0.4 is 15.0 Å². The molecule has 1 aliphatic heterocycles. The molecule has 1 fully saturated rings. The molecule has 2 aliphatic rings. The largest absolute Gasteiger partial charge is 0.495 e. The van der Waals surface area contributed by atoms with Gasteiger partial charge in [0, 0.05) is 6.04 Å². The molecule has 5 heteroatoms. The van der Waals surface area contributed by atoms with Crippen molar-refractivity contribution in [1.29, 1.82) is 0 Å². The summed E-state index contributed by atoms with van der Waals surface area (Å²) in [4.78, 5) is 26.5. The zero-order valence-corrected chi connectivity index (χ0v) is 14.1. The highest BCUT2D eigenvalue weighted by Crippen LogP contribution is 2.32. The number of anilines is 1. The molecule has 1 saturated heterocycles. The number of imide groups is 1. The zero-order chi connectivity index (χ0) is 17.4. The molecule has 0 spiro atoms. The van der Waals surface area contributed by atoms with Crippen molar-refractivity contribution in [2.45, 2.75) is 31.3 Å². The minimum Gasteiger partial charge on any atom is -0.495 e. The number of nitrogens with zero attached hydrogens (tertiary/aromatic N) is 1. The average molecular weight is 336 g/mol. The lowest BCUT2D eigenvalue weighted by Gasteiger charge is -2.19. The number of ether oxygens (including phenoxy) is 1. The van der Waals surface area contributed by atoms with E-state index in [2.05, 4.69) is 17.4 Å². The van der Waals surface area contributed by atoms with Gasteiger partial charge in [-0.1, -0.05) is 36.4 Å². The Balaban J connectivity index is 1.51. The van der Waals surface area contributed by atoms with E-state index in [1.807, 2.05) is 18.2 Å². The number of nitrogens with one attached hydrogen (secondary N) is 1. The number of hydrogen-bond acceptors (Lipinski definition) is 4. The first-order valence-corrected chi connectivity index (χ1v) is 8.50. The number of carbonyl (C=O) groups excluding carboxylic acids is 2. The first-order chi connectivity index (χ1) is 12.2. The Hall–Kier alpha value is -2.66. The number of fused-ring (bicyclic) bond motifs is 1. The Morgan fingerprint density at radius 2 is 1.60 bits per heavy atom. The molecule has 0 bridgehead atoms. The van der Waals surface area contributed by atoms with E-state index >= 15 is 0 Å². The quantitative estimate of drug-likeness (QED) is 0.869. The molecule has 5 nitrogen and oxygen atoms in total. The Kier molecular flexibility index (Phi) is 4.01. The lowest BCUT2D eigenvalue weighted by atomic mass is 10.1. The Morgan fingerprint density at radius 1 is 0.960 bits per heavy atom. The van der Waals surface area contributed by atoms with E-state index in [9.17, 15) is 9.59 Å². The summed E-state index contributed by atoms with van der Waals surface area (Å²) in [6, 6.07) is 15.1. The fraction of sp³-hybridized carbons (Fsp3) is 0.300. The van der Waals surface area contributed by atoms with E-state index in [1.165, 1.54) is 23.1 Å². The molecule has 128 valence electrons. The number of carbonyl (C=O) groups is 2. The smallest absolute Gasteiger partial charge is 0.251 e. The molecule has 25 heavy (non-hydrogen) atoms. The minimum absolute atomic E-state index is 0.184. The van der Waals surface area contributed by atoms with Crippen LogP contribution in [-0.2, 0) is 22.4 Å². The number of methoxy groups -OCH3 is 1. The van der Waals surface area contributed by atoms with Gasteiger partial charge in [0.25, 0.3) is 5.91 Å². The second-order valence-electron chi connectivity index (χ2n) is 6.54. The number of amides is 2. The SMILES string of the molecule is COc1ccccc1N1C(=O)CC(NC2Cc3ccccc3C2)C1=O. The molecule has 0 saturated carbocycles. The van der Waals surface area contributed by atoms with Crippen molar-refractivity contribution in [3.63, 3.8) is 0 Å². The molecule has 0 radical (unpaired) electrons. The van der Waals surface area contributed by atoms with Gasteiger partial charge in [-0.2, -0.15) is 0 Å². The monoisotopic (exact) mass is 336 g/mol. The van der Waals surface area contributed by atoms with E-state index in [0.717, 1.165) is 12.8 Å². The van der Waals surface area contributed by atoms with Crippen molar-refractivity contribution >= 4 is 17.5 Å². The molecule has 1 unspecified atom stereocenters. The van der Waals surface area contributed by atoms with Crippen LogP contribution in [0, 0.1) is 0 Å². The fourth-order valence-corrected chi connectivity index (χ4v) is 3.79. The highest BCUT2D eigenvalue weighted by molar-refractivity contribution is 6.23. The van der Waals surface area contributed by atoms with Crippen LogP contribution in [0.2, 0.25) is 0 Å². The molecule has 1 atom stereocenters. The summed E-state index contributed by atoms with van der Waals surface area (Å²) in [7, 11) is 1.54. The molecule has 1 aliphatic carbocycles.